The lowest BCUT2D eigenvalue weighted by molar-refractivity contribution is 0.672. The molecule has 0 aliphatic heterocycles. The molecule has 0 aliphatic rings. The first-order valence-electron chi connectivity index (χ1n) is 19.4. The zero-order valence-electron chi connectivity index (χ0n) is 30.8. The van der Waals surface area contributed by atoms with Gasteiger partial charge in [-0.2, -0.15) is 0 Å². The van der Waals surface area contributed by atoms with Crippen LogP contribution in [0.25, 0.3) is 98.4 Å². The van der Waals surface area contributed by atoms with Crippen molar-refractivity contribution in [1.29, 1.82) is 0 Å². The number of rotatable bonds is 5. The molecule has 57 heavy (non-hydrogen) atoms. The Morgan fingerprint density at radius 2 is 0.877 bits per heavy atom. The normalized spacial score (nSPS) is 11.9. The van der Waals surface area contributed by atoms with E-state index in [1.165, 1.54) is 21.7 Å². The summed E-state index contributed by atoms with van der Waals surface area (Å²) in [6.45, 7) is 0. The molecule has 12 aromatic rings. The predicted octanol–water partition coefficient (Wildman–Crippen LogP) is 15.7. The van der Waals surface area contributed by atoms with Gasteiger partial charge in [-0.1, -0.05) is 140 Å². The zero-order chi connectivity index (χ0) is 37.5. The Labute approximate surface area is 328 Å². The van der Waals surface area contributed by atoms with Crippen LogP contribution in [-0.2, 0) is 0 Å². The van der Waals surface area contributed by atoms with Gasteiger partial charge in [0, 0.05) is 38.3 Å². The molecule has 3 heteroatoms. The van der Waals surface area contributed by atoms with Gasteiger partial charge in [-0.3, -0.25) is 0 Å². The SMILES string of the molecule is c1cc(-c2ccc3ccccc3c2)cc(N(c2ccc(-c3cccc4oc5c6ccccc6ccc5c34)cc2)c2cccc3oc4c5ccccc5ccc4c23)c1. The highest BCUT2D eigenvalue weighted by Gasteiger charge is 2.22. The Hall–Kier alpha value is -7.62. The molecule has 0 saturated carbocycles. The summed E-state index contributed by atoms with van der Waals surface area (Å²) in [6.07, 6.45) is 0. The van der Waals surface area contributed by atoms with Crippen molar-refractivity contribution in [2.75, 3.05) is 4.90 Å². The van der Waals surface area contributed by atoms with E-state index in [0.29, 0.717) is 0 Å². The van der Waals surface area contributed by atoms with Crippen molar-refractivity contribution in [2.24, 2.45) is 0 Å². The summed E-state index contributed by atoms with van der Waals surface area (Å²) in [7, 11) is 0. The summed E-state index contributed by atoms with van der Waals surface area (Å²) in [5.41, 5.74) is 11.4. The Kier molecular flexibility index (Phi) is 6.93. The van der Waals surface area contributed by atoms with Crippen LogP contribution in [0, 0.1) is 0 Å². The molecule has 2 aromatic heterocycles. The van der Waals surface area contributed by atoms with Gasteiger partial charge in [-0.05, 0) is 104 Å². The lowest BCUT2D eigenvalue weighted by Gasteiger charge is -2.27. The number of hydrogen-bond donors (Lipinski definition) is 0. The van der Waals surface area contributed by atoms with Gasteiger partial charge >= 0.3 is 0 Å². The maximum absolute atomic E-state index is 6.70. The minimum absolute atomic E-state index is 0.859. The number of hydrogen-bond acceptors (Lipinski definition) is 3. The van der Waals surface area contributed by atoms with Crippen molar-refractivity contribution in [3.8, 4) is 22.3 Å². The third-order valence-electron chi connectivity index (χ3n) is 11.6. The van der Waals surface area contributed by atoms with Gasteiger partial charge in [0.1, 0.15) is 22.3 Å². The molecule has 12 rings (SSSR count). The molecule has 0 bridgehead atoms. The van der Waals surface area contributed by atoms with Gasteiger partial charge in [0.25, 0.3) is 0 Å². The van der Waals surface area contributed by atoms with E-state index in [2.05, 4.69) is 205 Å². The van der Waals surface area contributed by atoms with Gasteiger partial charge < -0.3 is 13.7 Å². The fourth-order valence-electron chi connectivity index (χ4n) is 8.93. The number of furan rings is 2. The zero-order valence-corrected chi connectivity index (χ0v) is 30.8. The molecule has 0 unspecified atom stereocenters. The maximum Gasteiger partial charge on any atom is 0.143 e. The summed E-state index contributed by atoms with van der Waals surface area (Å²) in [5, 5.41) is 11.5. The van der Waals surface area contributed by atoms with E-state index < -0.39 is 0 Å². The van der Waals surface area contributed by atoms with Crippen LogP contribution in [0.2, 0.25) is 0 Å². The molecule has 0 N–H and O–H groups in total. The third kappa shape index (κ3) is 4.99. The highest BCUT2D eigenvalue weighted by molar-refractivity contribution is 6.21. The molecule has 0 amide bonds. The summed E-state index contributed by atoms with van der Waals surface area (Å²) in [4.78, 5) is 2.38. The minimum Gasteiger partial charge on any atom is -0.455 e. The second-order valence-corrected chi connectivity index (χ2v) is 14.9. The van der Waals surface area contributed by atoms with Crippen LogP contribution >= 0.6 is 0 Å². The standard InChI is InChI=1S/C54H33NO2/c1-2-13-38-32-40(23-22-34(38)10-1)39-14-7-15-42(33-39)55(48-19-9-21-50-52(48)47-31-27-36-12-4-6-17-45(36)54(47)57-50)41-28-24-37(25-29-41)43-18-8-20-49-51(43)46-30-26-35-11-3-5-16-44(35)53(46)56-49/h1-33H. The van der Waals surface area contributed by atoms with Gasteiger partial charge in [0.2, 0.25) is 0 Å². The lowest BCUT2D eigenvalue weighted by Crippen LogP contribution is -2.10. The highest BCUT2D eigenvalue weighted by Crippen LogP contribution is 2.46. The molecule has 0 saturated heterocycles. The second-order valence-electron chi connectivity index (χ2n) is 14.9. The van der Waals surface area contributed by atoms with E-state index in [-0.39, 0.29) is 0 Å². The topological polar surface area (TPSA) is 29.5 Å². The van der Waals surface area contributed by atoms with Crippen LogP contribution in [0.5, 0.6) is 0 Å². The Morgan fingerprint density at radius 3 is 1.61 bits per heavy atom. The summed E-state index contributed by atoms with van der Waals surface area (Å²) in [5.74, 6) is 0. The van der Waals surface area contributed by atoms with Crippen molar-refractivity contribution in [3.05, 3.63) is 200 Å². The van der Waals surface area contributed by atoms with Crippen LogP contribution in [-0.4, -0.2) is 0 Å². The van der Waals surface area contributed by atoms with E-state index in [1.807, 2.05) is 0 Å². The Morgan fingerprint density at radius 1 is 0.316 bits per heavy atom. The molecule has 3 nitrogen and oxygen atoms in total. The van der Waals surface area contributed by atoms with Gasteiger partial charge in [0.15, 0.2) is 0 Å². The number of fused-ring (bicyclic) bond motifs is 11. The smallest absolute Gasteiger partial charge is 0.143 e. The molecular formula is C54H33NO2. The molecule has 0 spiro atoms. The van der Waals surface area contributed by atoms with E-state index in [9.17, 15) is 0 Å². The first-order chi connectivity index (χ1) is 28.2. The van der Waals surface area contributed by atoms with Crippen LogP contribution in [0.4, 0.5) is 17.1 Å². The minimum atomic E-state index is 0.859. The van der Waals surface area contributed by atoms with Crippen LogP contribution < -0.4 is 4.90 Å². The van der Waals surface area contributed by atoms with Crippen molar-refractivity contribution >= 4 is 93.3 Å². The number of anilines is 3. The van der Waals surface area contributed by atoms with Crippen molar-refractivity contribution in [1.82, 2.24) is 0 Å². The van der Waals surface area contributed by atoms with Gasteiger partial charge in [-0.15, -0.1) is 0 Å². The quantitative estimate of drug-likeness (QED) is 0.177. The molecule has 2 heterocycles. The van der Waals surface area contributed by atoms with Crippen molar-refractivity contribution in [2.45, 2.75) is 0 Å². The van der Waals surface area contributed by atoms with E-state index in [1.54, 1.807) is 0 Å². The highest BCUT2D eigenvalue weighted by atomic mass is 16.3. The molecule has 0 atom stereocenters. The Balaban J connectivity index is 1.05. The summed E-state index contributed by atoms with van der Waals surface area (Å²) in [6, 6.07) is 71.5. The molecular weight excluding hydrogens is 695 g/mol. The van der Waals surface area contributed by atoms with Crippen molar-refractivity contribution < 1.29 is 8.83 Å². The Bertz CT molecular complexity index is 3530. The fourth-order valence-corrected chi connectivity index (χ4v) is 8.93. The van der Waals surface area contributed by atoms with Crippen LogP contribution in [0.1, 0.15) is 0 Å². The second kappa shape index (κ2) is 12.5. The lowest BCUT2D eigenvalue weighted by atomic mass is 9.97. The summed E-state index contributed by atoms with van der Waals surface area (Å²) >= 11 is 0. The summed E-state index contributed by atoms with van der Waals surface area (Å²) < 4.78 is 13.3. The molecule has 10 aromatic carbocycles. The first-order valence-corrected chi connectivity index (χ1v) is 19.4. The van der Waals surface area contributed by atoms with Crippen molar-refractivity contribution in [3.63, 3.8) is 0 Å². The van der Waals surface area contributed by atoms with Gasteiger partial charge in [0.05, 0.1) is 11.1 Å². The predicted molar refractivity (Wildman–Crippen MR) is 239 cm³/mol. The third-order valence-corrected chi connectivity index (χ3v) is 11.6. The first kappa shape index (κ1) is 31.7. The number of benzene rings is 10. The monoisotopic (exact) mass is 727 g/mol. The van der Waals surface area contributed by atoms with Crippen LogP contribution in [0.3, 0.4) is 0 Å². The molecule has 266 valence electrons. The average Bonchev–Trinajstić information content (AvgIpc) is 3.87. The van der Waals surface area contributed by atoms with E-state index in [0.717, 1.165) is 93.8 Å². The fraction of sp³-hybridized carbons (Fsp3) is 0. The van der Waals surface area contributed by atoms with Crippen LogP contribution in [0.15, 0.2) is 209 Å². The molecule has 0 aliphatic carbocycles. The van der Waals surface area contributed by atoms with Gasteiger partial charge in [-0.25, -0.2) is 0 Å². The molecule has 0 radical (unpaired) electrons. The average molecular weight is 728 g/mol. The largest absolute Gasteiger partial charge is 0.455 e. The van der Waals surface area contributed by atoms with E-state index in [4.69, 9.17) is 8.83 Å². The molecule has 0 fully saturated rings. The maximum atomic E-state index is 6.70. The van der Waals surface area contributed by atoms with E-state index >= 15 is 0 Å². The number of nitrogens with zero attached hydrogens (tertiary/aromatic N) is 1.